The summed E-state index contributed by atoms with van der Waals surface area (Å²) in [6.07, 6.45) is 13.9. The Kier molecular flexibility index (Phi) is 4.21. The van der Waals surface area contributed by atoms with Crippen LogP contribution in [0.25, 0.3) is 0 Å². The van der Waals surface area contributed by atoms with Crippen molar-refractivity contribution >= 4 is 0 Å². The number of aliphatic hydroxyl groups is 1. The van der Waals surface area contributed by atoms with Crippen LogP contribution in [0.3, 0.4) is 0 Å². The lowest BCUT2D eigenvalue weighted by molar-refractivity contribution is 0.117. The molecule has 2 aliphatic carbocycles. The molecule has 0 aromatic heterocycles. The van der Waals surface area contributed by atoms with Crippen LogP contribution in [0.15, 0.2) is 12.2 Å². The summed E-state index contributed by atoms with van der Waals surface area (Å²) in [6, 6.07) is 1.35. The fraction of sp³-hybridized carbons (Fsp3) is 0.846. The van der Waals surface area contributed by atoms with Crippen LogP contribution in [0, 0.1) is 0 Å². The van der Waals surface area contributed by atoms with Gasteiger partial charge in [-0.2, -0.15) is 0 Å². The van der Waals surface area contributed by atoms with Crippen LogP contribution in [-0.2, 0) is 0 Å². The zero-order valence-electron chi connectivity index (χ0n) is 9.57. The Hall–Kier alpha value is -0.340. The van der Waals surface area contributed by atoms with Gasteiger partial charge in [0.05, 0.1) is 6.61 Å². The molecule has 2 heteroatoms. The van der Waals surface area contributed by atoms with E-state index in [0.29, 0.717) is 12.6 Å². The number of nitrogens with zero attached hydrogens (tertiary/aromatic N) is 1. The summed E-state index contributed by atoms with van der Waals surface area (Å²) >= 11 is 0. The van der Waals surface area contributed by atoms with Crippen LogP contribution in [0.2, 0.25) is 0 Å². The van der Waals surface area contributed by atoms with Gasteiger partial charge >= 0.3 is 0 Å². The summed E-state index contributed by atoms with van der Waals surface area (Å²) in [5.74, 6) is 0. The summed E-state index contributed by atoms with van der Waals surface area (Å²) in [4.78, 5) is 2.54. The second-order valence-electron chi connectivity index (χ2n) is 4.83. The molecule has 0 aromatic rings. The van der Waals surface area contributed by atoms with Gasteiger partial charge in [-0.3, -0.25) is 4.90 Å². The van der Waals surface area contributed by atoms with Crippen molar-refractivity contribution in [2.75, 3.05) is 13.2 Å². The topological polar surface area (TPSA) is 23.5 Å². The molecule has 1 N–H and O–H groups in total. The molecule has 1 saturated carbocycles. The summed E-state index contributed by atoms with van der Waals surface area (Å²) in [5, 5.41) is 9.16. The molecule has 1 unspecified atom stereocenters. The highest BCUT2D eigenvalue weighted by molar-refractivity contribution is 5.00. The largest absolute Gasteiger partial charge is 0.395 e. The molecule has 1 fully saturated rings. The Labute approximate surface area is 93.0 Å². The predicted octanol–water partition coefficient (Wildman–Crippen LogP) is 2.33. The molecular formula is C13H23NO. The Morgan fingerprint density at radius 2 is 1.93 bits per heavy atom. The summed E-state index contributed by atoms with van der Waals surface area (Å²) in [7, 11) is 0. The molecule has 0 saturated heterocycles. The fourth-order valence-corrected chi connectivity index (χ4v) is 3.04. The number of hydrogen-bond donors (Lipinski definition) is 1. The van der Waals surface area contributed by atoms with Gasteiger partial charge in [0, 0.05) is 18.6 Å². The zero-order chi connectivity index (χ0) is 10.5. The van der Waals surface area contributed by atoms with Crippen molar-refractivity contribution < 1.29 is 5.11 Å². The molecule has 86 valence electrons. The van der Waals surface area contributed by atoms with E-state index in [1.165, 1.54) is 44.9 Å². The van der Waals surface area contributed by atoms with E-state index >= 15 is 0 Å². The normalized spacial score (nSPS) is 27.7. The van der Waals surface area contributed by atoms with Crippen molar-refractivity contribution in [3.63, 3.8) is 0 Å². The molecule has 0 spiro atoms. The Morgan fingerprint density at radius 3 is 2.53 bits per heavy atom. The van der Waals surface area contributed by atoms with Crippen LogP contribution >= 0.6 is 0 Å². The third kappa shape index (κ3) is 2.82. The van der Waals surface area contributed by atoms with Crippen molar-refractivity contribution in [3.8, 4) is 0 Å². The lowest BCUT2D eigenvalue weighted by Gasteiger charge is -2.35. The minimum Gasteiger partial charge on any atom is -0.395 e. The molecule has 0 radical (unpaired) electrons. The maximum atomic E-state index is 9.16. The van der Waals surface area contributed by atoms with Gasteiger partial charge in [0.2, 0.25) is 0 Å². The first-order valence-electron chi connectivity index (χ1n) is 6.45. The van der Waals surface area contributed by atoms with Gasteiger partial charge in [0.1, 0.15) is 0 Å². The number of allylic oxidation sites excluding steroid dienone is 1. The summed E-state index contributed by atoms with van der Waals surface area (Å²) in [5.41, 5.74) is 0. The molecule has 0 heterocycles. The maximum absolute atomic E-state index is 9.16. The van der Waals surface area contributed by atoms with Crippen molar-refractivity contribution in [1.82, 2.24) is 4.90 Å². The Balaban J connectivity index is 1.97. The Bertz CT molecular complexity index is 209. The van der Waals surface area contributed by atoms with Crippen LogP contribution in [0.4, 0.5) is 0 Å². The monoisotopic (exact) mass is 209 g/mol. The van der Waals surface area contributed by atoms with Crippen LogP contribution < -0.4 is 0 Å². The summed E-state index contributed by atoms with van der Waals surface area (Å²) in [6.45, 7) is 1.17. The summed E-state index contributed by atoms with van der Waals surface area (Å²) < 4.78 is 0. The highest BCUT2D eigenvalue weighted by atomic mass is 16.3. The van der Waals surface area contributed by atoms with Gasteiger partial charge < -0.3 is 5.11 Å². The van der Waals surface area contributed by atoms with Crippen molar-refractivity contribution in [3.05, 3.63) is 12.2 Å². The molecule has 2 aliphatic rings. The van der Waals surface area contributed by atoms with Crippen LogP contribution in [-0.4, -0.2) is 35.2 Å². The van der Waals surface area contributed by atoms with Crippen molar-refractivity contribution in [2.45, 2.75) is 57.0 Å². The standard InChI is InChI=1S/C13H23NO/c15-11-10-14(13-8-4-5-9-13)12-6-2-1-3-7-12/h2,6,12-13,15H,1,3-5,7-11H2. The first-order valence-corrected chi connectivity index (χ1v) is 6.45. The van der Waals surface area contributed by atoms with E-state index < -0.39 is 0 Å². The lowest BCUT2D eigenvalue weighted by atomic mass is 9.99. The van der Waals surface area contributed by atoms with E-state index in [-0.39, 0.29) is 0 Å². The smallest absolute Gasteiger partial charge is 0.0558 e. The van der Waals surface area contributed by atoms with E-state index in [0.717, 1.165) is 12.6 Å². The van der Waals surface area contributed by atoms with Gasteiger partial charge in [0.25, 0.3) is 0 Å². The average Bonchev–Trinajstić information content (AvgIpc) is 2.80. The third-order valence-corrected chi connectivity index (χ3v) is 3.81. The fourth-order valence-electron chi connectivity index (χ4n) is 3.04. The van der Waals surface area contributed by atoms with Crippen molar-refractivity contribution in [1.29, 1.82) is 0 Å². The highest BCUT2D eigenvalue weighted by Crippen LogP contribution is 2.28. The number of hydrogen-bond acceptors (Lipinski definition) is 2. The molecule has 0 aliphatic heterocycles. The third-order valence-electron chi connectivity index (χ3n) is 3.81. The van der Waals surface area contributed by atoms with Crippen molar-refractivity contribution in [2.24, 2.45) is 0 Å². The molecule has 0 amide bonds. The van der Waals surface area contributed by atoms with E-state index in [2.05, 4.69) is 17.1 Å². The molecule has 1 atom stereocenters. The van der Waals surface area contributed by atoms with E-state index in [1.54, 1.807) is 0 Å². The molecule has 2 rings (SSSR count). The highest BCUT2D eigenvalue weighted by Gasteiger charge is 2.27. The van der Waals surface area contributed by atoms with Gasteiger partial charge in [-0.15, -0.1) is 0 Å². The molecule has 0 aromatic carbocycles. The SMILES string of the molecule is OCCN(C1C=CCCC1)C1CCCC1. The van der Waals surface area contributed by atoms with Gasteiger partial charge in [-0.1, -0.05) is 25.0 Å². The van der Waals surface area contributed by atoms with E-state index in [9.17, 15) is 0 Å². The number of rotatable bonds is 4. The van der Waals surface area contributed by atoms with Gasteiger partial charge in [-0.05, 0) is 32.1 Å². The second kappa shape index (κ2) is 5.66. The quantitative estimate of drug-likeness (QED) is 0.718. The van der Waals surface area contributed by atoms with E-state index in [1.807, 2.05) is 0 Å². The predicted molar refractivity (Wildman–Crippen MR) is 62.8 cm³/mol. The molecule has 15 heavy (non-hydrogen) atoms. The average molecular weight is 209 g/mol. The van der Waals surface area contributed by atoms with Crippen LogP contribution in [0.5, 0.6) is 0 Å². The van der Waals surface area contributed by atoms with Crippen LogP contribution in [0.1, 0.15) is 44.9 Å². The zero-order valence-corrected chi connectivity index (χ0v) is 9.57. The Morgan fingerprint density at radius 1 is 1.13 bits per heavy atom. The molecular weight excluding hydrogens is 186 g/mol. The molecule has 0 bridgehead atoms. The maximum Gasteiger partial charge on any atom is 0.0558 e. The molecule has 2 nitrogen and oxygen atoms in total. The first-order chi connectivity index (χ1) is 7.42. The minimum atomic E-state index is 0.306. The van der Waals surface area contributed by atoms with Gasteiger partial charge in [-0.25, -0.2) is 0 Å². The minimum absolute atomic E-state index is 0.306. The van der Waals surface area contributed by atoms with Gasteiger partial charge in [0.15, 0.2) is 0 Å². The number of aliphatic hydroxyl groups excluding tert-OH is 1. The first kappa shape index (κ1) is 11.2. The second-order valence-corrected chi connectivity index (χ2v) is 4.83. The lowest BCUT2D eigenvalue weighted by Crippen LogP contribution is -2.43. The van der Waals surface area contributed by atoms with E-state index in [4.69, 9.17) is 5.11 Å².